The maximum Gasteiger partial charge on any atom is 0.233 e. The molecule has 11 nitrogen and oxygen atoms in total. The number of nitrogens with zero attached hydrogens (tertiary/aromatic N) is 4. The van der Waals surface area contributed by atoms with Crippen LogP contribution in [0.5, 0.6) is 0 Å². The van der Waals surface area contributed by atoms with E-state index in [2.05, 4.69) is 21.0 Å². The highest BCUT2D eigenvalue weighted by Crippen LogP contribution is 2.34. The van der Waals surface area contributed by atoms with E-state index in [1.165, 1.54) is 6.20 Å². The summed E-state index contributed by atoms with van der Waals surface area (Å²) in [6.45, 7) is 1.85. The van der Waals surface area contributed by atoms with Gasteiger partial charge in [-0.2, -0.15) is 0 Å². The predicted octanol–water partition coefficient (Wildman–Crippen LogP) is -1.43. The lowest BCUT2D eigenvalue weighted by atomic mass is 9.93. The zero-order valence-electron chi connectivity index (χ0n) is 18.7. The normalized spacial score (nSPS) is 30.7. The fraction of sp³-hybridized carbons (Fsp3) is 0.667. The smallest absolute Gasteiger partial charge is 0.233 e. The summed E-state index contributed by atoms with van der Waals surface area (Å²) in [6.07, 6.45) is 0.858. The van der Waals surface area contributed by atoms with E-state index in [1.807, 2.05) is 4.90 Å². The molecule has 4 saturated heterocycles. The number of β-amino-alcohol motifs (C(OH)–C–C–N with tert-alkyl or cyclic N) is 1. The third-order valence-corrected chi connectivity index (χ3v) is 7.09. The molecule has 1 aromatic rings. The summed E-state index contributed by atoms with van der Waals surface area (Å²) in [6, 6.07) is 0. The van der Waals surface area contributed by atoms with Gasteiger partial charge >= 0.3 is 0 Å². The number of rotatable bonds is 4. The van der Waals surface area contributed by atoms with E-state index < -0.39 is 42.2 Å². The van der Waals surface area contributed by atoms with Crippen molar-refractivity contribution in [3.05, 3.63) is 18.2 Å². The van der Waals surface area contributed by atoms with E-state index in [9.17, 15) is 23.5 Å². The molecule has 2 amide bonds. The third kappa shape index (κ3) is 4.33. The molecular weight excluding hydrogens is 450 g/mol. The second-order valence-electron chi connectivity index (χ2n) is 9.45. The Morgan fingerprint density at radius 3 is 2.65 bits per heavy atom. The van der Waals surface area contributed by atoms with Crippen molar-refractivity contribution in [1.82, 2.24) is 25.6 Å². The molecule has 186 valence electrons. The summed E-state index contributed by atoms with van der Waals surface area (Å²) in [5.74, 6) is -1.86. The number of likely N-dealkylation sites (tertiary alicyclic amines) is 1. The lowest BCUT2D eigenvalue weighted by molar-refractivity contribution is -0.146. The molecule has 4 atom stereocenters. The molecule has 0 aromatic carbocycles. The van der Waals surface area contributed by atoms with Gasteiger partial charge in [0.15, 0.2) is 5.82 Å². The first-order chi connectivity index (χ1) is 16.3. The van der Waals surface area contributed by atoms with Gasteiger partial charge in [-0.25, -0.2) is 19.2 Å². The number of nitrogens with two attached hydrogens (primary N) is 1. The zero-order chi connectivity index (χ0) is 24.0. The molecule has 4 unspecified atom stereocenters. The van der Waals surface area contributed by atoms with Crippen LogP contribution in [0.1, 0.15) is 12.8 Å². The Labute approximate surface area is 195 Å². The van der Waals surface area contributed by atoms with Crippen molar-refractivity contribution in [1.29, 1.82) is 0 Å². The van der Waals surface area contributed by atoms with Crippen molar-refractivity contribution in [2.24, 2.45) is 17.6 Å². The summed E-state index contributed by atoms with van der Waals surface area (Å²) in [5, 5.41) is 16.8. The maximum absolute atomic E-state index is 14.9. The number of alkyl halides is 1. The molecule has 0 spiro atoms. The number of piperidine rings is 1. The molecule has 5 heterocycles. The minimum absolute atomic E-state index is 0.0245. The van der Waals surface area contributed by atoms with Gasteiger partial charge in [0.1, 0.15) is 11.9 Å². The van der Waals surface area contributed by atoms with E-state index in [4.69, 9.17) is 5.73 Å². The zero-order valence-corrected chi connectivity index (χ0v) is 18.7. The average molecular weight is 481 g/mol. The summed E-state index contributed by atoms with van der Waals surface area (Å²) < 4.78 is 28.6. The molecule has 4 fully saturated rings. The average Bonchev–Trinajstić information content (AvgIpc) is 3.11. The second kappa shape index (κ2) is 9.30. The van der Waals surface area contributed by atoms with E-state index in [0.717, 1.165) is 6.20 Å². The Hall–Kier alpha value is -2.45. The number of hydrogen-bond acceptors (Lipinski definition) is 9. The largest absolute Gasteiger partial charge is 0.389 e. The number of hydrazine groups is 1. The second-order valence-corrected chi connectivity index (χ2v) is 9.45. The Morgan fingerprint density at radius 1 is 1.21 bits per heavy atom. The van der Waals surface area contributed by atoms with Crippen molar-refractivity contribution >= 4 is 23.2 Å². The van der Waals surface area contributed by atoms with E-state index in [1.54, 1.807) is 9.91 Å². The highest BCUT2D eigenvalue weighted by atomic mass is 19.1. The number of halogens is 2. The van der Waals surface area contributed by atoms with Gasteiger partial charge in [0.2, 0.25) is 11.8 Å². The van der Waals surface area contributed by atoms with Crippen LogP contribution in [0.2, 0.25) is 0 Å². The molecule has 4 aliphatic heterocycles. The van der Waals surface area contributed by atoms with Crippen LogP contribution in [0.3, 0.4) is 0 Å². The van der Waals surface area contributed by atoms with E-state index in [0.29, 0.717) is 39.0 Å². The van der Waals surface area contributed by atoms with Crippen LogP contribution < -0.4 is 26.7 Å². The van der Waals surface area contributed by atoms with Crippen molar-refractivity contribution in [2.45, 2.75) is 37.4 Å². The van der Waals surface area contributed by atoms with Gasteiger partial charge in [0, 0.05) is 45.2 Å². The van der Waals surface area contributed by atoms with Gasteiger partial charge in [-0.3, -0.25) is 19.9 Å². The first kappa shape index (κ1) is 23.3. The van der Waals surface area contributed by atoms with Crippen LogP contribution in [0, 0.1) is 17.7 Å². The number of carbonyl (C=O) groups excluding carboxylic acids is 2. The quantitative estimate of drug-likeness (QED) is 0.351. The number of pyridine rings is 1. The third-order valence-electron chi connectivity index (χ3n) is 7.09. The lowest BCUT2D eigenvalue weighted by Crippen LogP contribution is -2.58. The fourth-order valence-electron chi connectivity index (χ4n) is 5.28. The number of aromatic nitrogens is 1. The Bertz CT molecular complexity index is 941. The summed E-state index contributed by atoms with van der Waals surface area (Å²) in [7, 11) is 0. The molecule has 0 aliphatic carbocycles. The SMILES string of the molecule is NC1NN2CC(F)CNC2C1C(=O)Nc1cncc(F)c1N1CCC(C(=O)N2CC(O)C2)CC1. The van der Waals surface area contributed by atoms with Crippen LogP contribution in [0.4, 0.5) is 20.2 Å². The molecule has 13 heteroatoms. The van der Waals surface area contributed by atoms with Gasteiger partial charge in [0.05, 0.1) is 42.4 Å². The number of carbonyl (C=O) groups is 2. The molecule has 0 saturated carbocycles. The minimum atomic E-state index is -1.07. The molecular formula is C21H30F2N8O3. The van der Waals surface area contributed by atoms with Gasteiger partial charge in [-0.15, -0.1) is 0 Å². The lowest BCUT2D eigenvalue weighted by Gasteiger charge is -2.41. The number of fused-ring (bicyclic) bond motifs is 1. The van der Waals surface area contributed by atoms with Gasteiger partial charge < -0.3 is 26.0 Å². The highest BCUT2D eigenvalue weighted by molar-refractivity contribution is 5.96. The molecule has 4 aliphatic rings. The van der Waals surface area contributed by atoms with Crippen LogP contribution in [0.25, 0.3) is 0 Å². The Morgan fingerprint density at radius 2 is 1.94 bits per heavy atom. The number of aliphatic hydroxyl groups is 1. The first-order valence-corrected chi connectivity index (χ1v) is 11.6. The maximum atomic E-state index is 14.9. The first-order valence-electron chi connectivity index (χ1n) is 11.6. The van der Waals surface area contributed by atoms with Crippen molar-refractivity contribution in [3.8, 4) is 0 Å². The summed E-state index contributed by atoms with van der Waals surface area (Å²) in [4.78, 5) is 33.1. The van der Waals surface area contributed by atoms with Crippen molar-refractivity contribution in [2.75, 3.05) is 49.5 Å². The highest BCUT2D eigenvalue weighted by Gasteiger charge is 2.47. The predicted molar refractivity (Wildman–Crippen MR) is 118 cm³/mol. The molecule has 1 aromatic heterocycles. The number of hydrogen-bond donors (Lipinski definition) is 5. The fourth-order valence-corrected chi connectivity index (χ4v) is 5.28. The van der Waals surface area contributed by atoms with E-state index in [-0.39, 0.29) is 36.3 Å². The minimum Gasteiger partial charge on any atom is -0.389 e. The van der Waals surface area contributed by atoms with Crippen LogP contribution in [-0.4, -0.2) is 95.7 Å². The topological polar surface area (TPSA) is 139 Å². The van der Waals surface area contributed by atoms with Crippen LogP contribution in [0.15, 0.2) is 12.4 Å². The summed E-state index contributed by atoms with van der Waals surface area (Å²) >= 11 is 0. The van der Waals surface area contributed by atoms with Crippen molar-refractivity contribution in [3.63, 3.8) is 0 Å². The molecule has 5 rings (SSSR count). The van der Waals surface area contributed by atoms with Gasteiger partial charge in [0.25, 0.3) is 0 Å². The number of anilines is 2. The van der Waals surface area contributed by atoms with Crippen LogP contribution >= 0.6 is 0 Å². The molecule has 0 bridgehead atoms. The Balaban J connectivity index is 1.26. The standard InChI is InChI=1S/C21H30F2N8O3/c22-12-5-26-19-16(18(24)28-31(19)8-12)20(33)27-15-7-25-6-14(23)17(15)29-3-1-11(2-4-29)21(34)30-9-13(32)10-30/h6-7,11-13,16,18-19,26,28,32H,1-5,8-10,24H2,(H,27,33). The van der Waals surface area contributed by atoms with Crippen molar-refractivity contribution < 1.29 is 23.5 Å². The molecule has 6 N–H and O–H groups in total. The van der Waals surface area contributed by atoms with Crippen LogP contribution in [-0.2, 0) is 9.59 Å². The Kier molecular flexibility index (Phi) is 6.37. The number of amides is 2. The number of nitrogens with one attached hydrogen (secondary N) is 3. The van der Waals surface area contributed by atoms with Gasteiger partial charge in [-0.05, 0) is 12.8 Å². The van der Waals surface area contributed by atoms with Gasteiger partial charge in [-0.1, -0.05) is 0 Å². The summed E-state index contributed by atoms with van der Waals surface area (Å²) in [5.41, 5.74) is 9.49. The molecule has 0 radical (unpaired) electrons. The number of aliphatic hydroxyl groups excluding tert-OH is 1. The molecule has 34 heavy (non-hydrogen) atoms. The van der Waals surface area contributed by atoms with E-state index >= 15 is 0 Å². The monoisotopic (exact) mass is 480 g/mol.